The average molecular weight is 464 g/mol. The molecule has 2 fully saturated rings. The predicted molar refractivity (Wildman–Crippen MR) is 133 cm³/mol. The lowest BCUT2D eigenvalue weighted by molar-refractivity contribution is 0.0737. The summed E-state index contributed by atoms with van der Waals surface area (Å²) in [4.78, 5) is 22.1. The van der Waals surface area contributed by atoms with Crippen LogP contribution < -0.4 is 4.90 Å². The molecule has 0 bridgehead atoms. The molecule has 0 spiro atoms. The first-order valence-electron chi connectivity index (χ1n) is 11.9. The second-order valence-corrected chi connectivity index (χ2v) is 9.53. The molecule has 1 amide bonds. The molecule has 0 saturated carbocycles. The molecule has 0 radical (unpaired) electrons. The third-order valence-corrected chi connectivity index (χ3v) is 7.12. The van der Waals surface area contributed by atoms with Gasteiger partial charge < -0.3 is 14.5 Å². The number of anilines is 1. The fraction of sp³-hybridized carbons (Fsp3) is 0.407. The van der Waals surface area contributed by atoms with Crippen LogP contribution in [0.25, 0.3) is 10.8 Å². The summed E-state index contributed by atoms with van der Waals surface area (Å²) in [6.07, 6.45) is 8.21. The molecule has 2 aliphatic rings. The molecule has 6 heteroatoms. The van der Waals surface area contributed by atoms with Crippen molar-refractivity contribution in [2.75, 3.05) is 44.3 Å². The lowest BCUT2D eigenvalue weighted by Gasteiger charge is -2.30. The number of carbonyl (C=O) groups is 1. The van der Waals surface area contributed by atoms with Crippen molar-refractivity contribution in [2.24, 2.45) is 5.92 Å². The van der Waals surface area contributed by atoms with Gasteiger partial charge in [-0.15, -0.1) is 0 Å². The summed E-state index contributed by atoms with van der Waals surface area (Å²) in [7, 11) is 0. The standard InChI is InChI=1S/C27H30ClN3O2/c28-25-8-7-23(16-26(25)30-11-2-1-3-12-30)27(32)31-13-14-33-19-20(18-31)15-22-6-4-5-21-9-10-29-17-24(21)22/h4-10,16-17,20H,1-3,11-15,18-19H2. The van der Waals surface area contributed by atoms with Crippen molar-refractivity contribution in [1.29, 1.82) is 0 Å². The Hall–Kier alpha value is -2.63. The van der Waals surface area contributed by atoms with Gasteiger partial charge in [0.1, 0.15) is 0 Å². The van der Waals surface area contributed by atoms with Crippen LogP contribution in [0.1, 0.15) is 35.2 Å². The van der Waals surface area contributed by atoms with Gasteiger partial charge in [0, 0.05) is 55.4 Å². The van der Waals surface area contributed by atoms with E-state index >= 15 is 0 Å². The highest BCUT2D eigenvalue weighted by Crippen LogP contribution is 2.30. The summed E-state index contributed by atoms with van der Waals surface area (Å²) in [6, 6.07) is 14.1. The number of nitrogens with zero attached hydrogens (tertiary/aromatic N) is 3. The molecule has 5 nitrogen and oxygen atoms in total. The Kier molecular flexibility index (Phi) is 6.79. The van der Waals surface area contributed by atoms with E-state index in [1.807, 2.05) is 41.6 Å². The zero-order chi connectivity index (χ0) is 22.6. The number of benzene rings is 2. The summed E-state index contributed by atoms with van der Waals surface area (Å²) < 4.78 is 5.91. The van der Waals surface area contributed by atoms with Gasteiger partial charge in [-0.3, -0.25) is 9.78 Å². The van der Waals surface area contributed by atoms with E-state index in [1.54, 1.807) is 0 Å². The van der Waals surface area contributed by atoms with Crippen LogP contribution in [0, 0.1) is 5.92 Å². The van der Waals surface area contributed by atoms with E-state index < -0.39 is 0 Å². The summed E-state index contributed by atoms with van der Waals surface area (Å²) in [6.45, 7) is 4.49. The molecular formula is C27H30ClN3O2. The largest absolute Gasteiger partial charge is 0.379 e. The average Bonchev–Trinajstić information content (AvgIpc) is 3.10. The Morgan fingerprint density at radius 1 is 1.09 bits per heavy atom. The summed E-state index contributed by atoms with van der Waals surface area (Å²) in [5.41, 5.74) is 2.94. The van der Waals surface area contributed by atoms with Crippen molar-refractivity contribution in [2.45, 2.75) is 25.7 Å². The highest BCUT2D eigenvalue weighted by Gasteiger charge is 2.25. The highest BCUT2D eigenvalue weighted by atomic mass is 35.5. The minimum Gasteiger partial charge on any atom is -0.379 e. The molecule has 0 N–H and O–H groups in total. The van der Waals surface area contributed by atoms with Gasteiger partial charge >= 0.3 is 0 Å². The van der Waals surface area contributed by atoms with E-state index in [4.69, 9.17) is 16.3 Å². The number of ether oxygens (including phenoxy) is 1. The molecule has 1 aromatic heterocycles. The number of aromatic nitrogens is 1. The SMILES string of the molecule is O=C(c1ccc(Cl)c(N2CCCCC2)c1)N1CCOCC(Cc2cccc3ccncc23)C1. The van der Waals surface area contributed by atoms with Crippen molar-refractivity contribution < 1.29 is 9.53 Å². The van der Waals surface area contributed by atoms with E-state index in [0.29, 0.717) is 31.9 Å². The van der Waals surface area contributed by atoms with E-state index in [2.05, 4.69) is 28.1 Å². The van der Waals surface area contributed by atoms with Crippen LogP contribution in [0.3, 0.4) is 0 Å². The number of pyridine rings is 1. The number of amides is 1. The zero-order valence-electron chi connectivity index (χ0n) is 18.9. The van der Waals surface area contributed by atoms with Crippen molar-refractivity contribution in [3.63, 3.8) is 0 Å². The van der Waals surface area contributed by atoms with Gasteiger partial charge in [0.05, 0.1) is 23.9 Å². The zero-order valence-corrected chi connectivity index (χ0v) is 19.6. The number of fused-ring (bicyclic) bond motifs is 1. The number of hydrogen-bond acceptors (Lipinski definition) is 4. The second-order valence-electron chi connectivity index (χ2n) is 9.12. The monoisotopic (exact) mass is 463 g/mol. The fourth-order valence-corrected chi connectivity index (χ4v) is 5.30. The van der Waals surface area contributed by atoms with Gasteiger partial charge in [0.25, 0.3) is 5.91 Å². The summed E-state index contributed by atoms with van der Waals surface area (Å²) >= 11 is 6.52. The number of halogens is 1. The Bertz CT molecular complexity index is 1120. The Morgan fingerprint density at radius 2 is 1.97 bits per heavy atom. The summed E-state index contributed by atoms with van der Waals surface area (Å²) in [5, 5.41) is 3.08. The van der Waals surface area contributed by atoms with Crippen LogP contribution in [0.4, 0.5) is 5.69 Å². The van der Waals surface area contributed by atoms with Gasteiger partial charge in [0.2, 0.25) is 0 Å². The van der Waals surface area contributed by atoms with Gasteiger partial charge in [-0.1, -0.05) is 29.8 Å². The number of piperidine rings is 1. The van der Waals surface area contributed by atoms with Gasteiger partial charge in [-0.05, 0) is 60.9 Å². The molecule has 3 heterocycles. The van der Waals surface area contributed by atoms with Gasteiger partial charge in [0.15, 0.2) is 0 Å². The smallest absolute Gasteiger partial charge is 0.254 e. The van der Waals surface area contributed by atoms with Gasteiger partial charge in [-0.25, -0.2) is 0 Å². The number of carbonyl (C=O) groups excluding carboxylic acids is 1. The van der Waals surface area contributed by atoms with E-state index in [9.17, 15) is 4.79 Å². The normalized spacial score (nSPS) is 19.5. The first-order chi connectivity index (χ1) is 16.2. The second kappa shape index (κ2) is 10.1. The molecule has 5 rings (SSSR count). The van der Waals surface area contributed by atoms with Crippen LogP contribution in [0.15, 0.2) is 54.9 Å². The molecule has 2 aromatic carbocycles. The molecular weight excluding hydrogens is 434 g/mol. The van der Waals surface area contributed by atoms with E-state index in [0.717, 1.165) is 30.2 Å². The highest BCUT2D eigenvalue weighted by molar-refractivity contribution is 6.33. The maximum absolute atomic E-state index is 13.5. The number of hydrogen-bond donors (Lipinski definition) is 0. The minimum atomic E-state index is 0.0556. The lowest BCUT2D eigenvalue weighted by atomic mass is 9.95. The first kappa shape index (κ1) is 22.2. The van der Waals surface area contributed by atoms with Crippen LogP contribution >= 0.6 is 11.6 Å². The Morgan fingerprint density at radius 3 is 2.85 bits per heavy atom. The van der Waals surface area contributed by atoms with Crippen molar-refractivity contribution in [1.82, 2.24) is 9.88 Å². The van der Waals surface area contributed by atoms with Crippen molar-refractivity contribution >= 4 is 34.0 Å². The van der Waals surface area contributed by atoms with Crippen molar-refractivity contribution in [3.05, 3.63) is 71.0 Å². The van der Waals surface area contributed by atoms with Crippen LogP contribution in [-0.4, -0.2) is 55.2 Å². The van der Waals surface area contributed by atoms with E-state index in [-0.39, 0.29) is 11.8 Å². The summed E-state index contributed by atoms with van der Waals surface area (Å²) in [5.74, 6) is 0.288. The topological polar surface area (TPSA) is 45.7 Å². The molecule has 3 aromatic rings. The molecule has 1 unspecified atom stereocenters. The first-order valence-corrected chi connectivity index (χ1v) is 12.3. The minimum absolute atomic E-state index is 0.0556. The van der Waals surface area contributed by atoms with Crippen LogP contribution in [-0.2, 0) is 11.2 Å². The lowest BCUT2D eigenvalue weighted by Crippen LogP contribution is -2.36. The molecule has 2 aliphatic heterocycles. The van der Waals surface area contributed by atoms with Crippen LogP contribution in [0.5, 0.6) is 0 Å². The Balaban J connectivity index is 1.34. The maximum atomic E-state index is 13.5. The molecule has 0 aliphatic carbocycles. The van der Waals surface area contributed by atoms with Gasteiger partial charge in [-0.2, -0.15) is 0 Å². The maximum Gasteiger partial charge on any atom is 0.254 e. The van der Waals surface area contributed by atoms with Crippen LogP contribution in [0.2, 0.25) is 5.02 Å². The molecule has 1 atom stereocenters. The molecule has 2 saturated heterocycles. The predicted octanol–water partition coefficient (Wildman–Crippen LogP) is 5.21. The third kappa shape index (κ3) is 4.99. The van der Waals surface area contributed by atoms with Crippen molar-refractivity contribution in [3.8, 4) is 0 Å². The fourth-order valence-electron chi connectivity index (χ4n) is 5.06. The molecule has 33 heavy (non-hydrogen) atoms. The number of rotatable bonds is 4. The van der Waals surface area contributed by atoms with E-state index in [1.165, 1.54) is 35.6 Å². The molecule has 172 valence electrons. The quantitative estimate of drug-likeness (QED) is 0.532. The third-order valence-electron chi connectivity index (χ3n) is 6.80. The Labute approximate surface area is 200 Å².